The summed E-state index contributed by atoms with van der Waals surface area (Å²) in [6.45, 7) is 3.70. The zero-order valence-electron chi connectivity index (χ0n) is 16.7. The first-order chi connectivity index (χ1) is 15.1. The Balaban J connectivity index is 1.46. The SMILES string of the molecule is C=C(C(N)=O)c1ccc(-c2cc(Nc3ccc(Oc4ccccc4)cc3)ncn2)cc1. The van der Waals surface area contributed by atoms with Crippen molar-refractivity contribution in [1.82, 2.24) is 9.97 Å². The van der Waals surface area contributed by atoms with E-state index in [0.29, 0.717) is 11.4 Å². The van der Waals surface area contributed by atoms with E-state index in [1.165, 1.54) is 6.33 Å². The predicted molar refractivity (Wildman–Crippen MR) is 122 cm³/mol. The van der Waals surface area contributed by atoms with E-state index < -0.39 is 5.91 Å². The van der Waals surface area contributed by atoms with Crippen LogP contribution < -0.4 is 15.8 Å². The van der Waals surface area contributed by atoms with Crippen molar-refractivity contribution in [3.05, 3.63) is 103 Å². The number of hydrogen-bond acceptors (Lipinski definition) is 5. The summed E-state index contributed by atoms with van der Waals surface area (Å²) in [6.07, 6.45) is 1.50. The van der Waals surface area contributed by atoms with E-state index >= 15 is 0 Å². The van der Waals surface area contributed by atoms with Crippen LogP contribution in [0, 0.1) is 0 Å². The molecule has 31 heavy (non-hydrogen) atoms. The Kier molecular flexibility index (Phi) is 5.71. The Morgan fingerprint density at radius 2 is 1.55 bits per heavy atom. The largest absolute Gasteiger partial charge is 0.457 e. The summed E-state index contributed by atoms with van der Waals surface area (Å²) >= 11 is 0. The lowest BCUT2D eigenvalue weighted by Crippen LogP contribution is -2.11. The second kappa shape index (κ2) is 8.92. The smallest absolute Gasteiger partial charge is 0.248 e. The lowest BCUT2D eigenvalue weighted by Gasteiger charge is -2.09. The van der Waals surface area contributed by atoms with Crippen molar-refractivity contribution in [3.63, 3.8) is 0 Å². The van der Waals surface area contributed by atoms with Gasteiger partial charge in [0, 0.05) is 22.9 Å². The van der Waals surface area contributed by atoms with Gasteiger partial charge in [0.25, 0.3) is 0 Å². The highest BCUT2D eigenvalue weighted by molar-refractivity contribution is 6.17. The molecular formula is C25H20N4O2. The van der Waals surface area contributed by atoms with Crippen molar-refractivity contribution in [2.75, 3.05) is 5.32 Å². The minimum Gasteiger partial charge on any atom is -0.457 e. The van der Waals surface area contributed by atoms with Crippen molar-refractivity contribution in [2.24, 2.45) is 5.73 Å². The number of anilines is 2. The lowest BCUT2D eigenvalue weighted by atomic mass is 10.0. The highest BCUT2D eigenvalue weighted by Crippen LogP contribution is 2.26. The Hall–Kier alpha value is -4.45. The Morgan fingerprint density at radius 1 is 0.871 bits per heavy atom. The normalized spacial score (nSPS) is 10.3. The number of primary amides is 1. The number of benzene rings is 3. The molecule has 6 heteroatoms. The van der Waals surface area contributed by atoms with Gasteiger partial charge in [-0.3, -0.25) is 4.79 Å². The number of aromatic nitrogens is 2. The Bertz CT molecular complexity index is 1200. The number of nitrogens with zero attached hydrogens (tertiary/aromatic N) is 2. The number of para-hydroxylation sites is 1. The molecule has 0 fully saturated rings. The van der Waals surface area contributed by atoms with Gasteiger partial charge in [0.05, 0.1) is 5.69 Å². The molecule has 3 aromatic carbocycles. The molecule has 1 aromatic heterocycles. The van der Waals surface area contributed by atoms with Gasteiger partial charge in [-0.05, 0) is 42.0 Å². The quantitative estimate of drug-likeness (QED) is 0.411. The van der Waals surface area contributed by atoms with Crippen LogP contribution in [0.2, 0.25) is 0 Å². The van der Waals surface area contributed by atoms with E-state index in [-0.39, 0.29) is 5.57 Å². The maximum atomic E-state index is 11.3. The zero-order chi connectivity index (χ0) is 21.6. The molecule has 0 atom stereocenters. The maximum absolute atomic E-state index is 11.3. The molecule has 0 radical (unpaired) electrons. The number of hydrogen-bond donors (Lipinski definition) is 2. The van der Waals surface area contributed by atoms with Crippen molar-refractivity contribution in [3.8, 4) is 22.8 Å². The molecule has 0 bridgehead atoms. The van der Waals surface area contributed by atoms with Crippen molar-refractivity contribution in [1.29, 1.82) is 0 Å². The fraction of sp³-hybridized carbons (Fsp3) is 0. The molecule has 6 nitrogen and oxygen atoms in total. The second-order valence-corrected chi connectivity index (χ2v) is 6.77. The van der Waals surface area contributed by atoms with Gasteiger partial charge >= 0.3 is 0 Å². The molecule has 0 unspecified atom stereocenters. The van der Waals surface area contributed by atoms with E-state index in [9.17, 15) is 4.79 Å². The third-order valence-corrected chi connectivity index (χ3v) is 4.60. The molecule has 152 valence electrons. The van der Waals surface area contributed by atoms with Gasteiger partial charge in [0.1, 0.15) is 23.6 Å². The standard InChI is InChI=1S/C25H20N4O2/c1-17(25(26)30)18-7-9-19(10-8-18)23-15-24(28-16-27-23)29-20-11-13-22(14-12-20)31-21-5-3-2-4-6-21/h2-16H,1H2,(H2,26,30)(H,27,28,29). The topological polar surface area (TPSA) is 90.1 Å². The number of carbonyl (C=O) groups excluding carboxylic acids is 1. The minimum atomic E-state index is -0.540. The van der Waals surface area contributed by atoms with E-state index in [4.69, 9.17) is 10.5 Å². The molecule has 4 rings (SSSR count). The molecule has 0 saturated carbocycles. The van der Waals surface area contributed by atoms with Crippen LogP contribution in [0.15, 0.2) is 97.8 Å². The van der Waals surface area contributed by atoms with Gasteiger partial charge in [-0.1, -0.05) is 49.0 Å². The van der Waals surface area contributed by atoms with Crippen molar-refractivity contribution < 1.29 is 9.53 Å². The molecule has 0 aliphatic carbocycles. The van der Waals surface area contributed by atoms with Crippen LogP contribution in [0.5, 0.6) is 11.5 Å². The molecule has 0 aliphatic heterocycles. The van der Waals surface area contributed by atoms with Crippen molar-refractivity contribution >= 4 is 23.0 Å². The van der Waals surface area contributed by atoms with Gasteiger partial charge in [-0.2, -0.15) is 0 Å². The zero-order valence-corrected chi connectivity index (χ0v) is 16.7. The summed E-state index contributed by atoms with van der Waals surface area (Å²) in [7, 11) is 0. The molecule has 4 aromatic rings. The Labute approximate surface area is 180 Å². The average Bonchev–Trinajstić information content (AvgIpc) is 2.81. The summed E-state index contributed by atoms with van der Waals surface area (Å²) in [5.41, 5.74) is 8.75. The van der Waals surface area contributed by atoms with Crippen LogP contribution in [0.4, 0.5) is 11.5 Å². The molecule has 3 N–H and O–H groups in total. The Morgan fingerprint density at radius 3 is 2.23 bits per heavy atom. The van der Waals surface area contributed by atoms with Gasteiger partial charge < -0.3 is 15.8 Å². The van der Waals surface area contributed by atoms with E-state index in [1.807, 2.05) is 72.8 Å². The summed E-state index contributed by atoms with van der Waals surface area (Å²) < 4.78 is 5.81. The third-order valence-electron chi connectivity index (χ3n) is 4.60. The highest BCUT2D eigenvalue weighted by atomic mass is 16.5. The van der Waals surface area contributed by atoms with Crippen LogP contribution in [0.1, 0.15) is 5.56 Å². The van der Waals surface area contributed by atoms with Crippen LogP contribution in [-0.2, 0) is 4.79 Å². The fourth-order valence-electron chi connectivity index (χ4n) is 2.95. The van der Waals surface area contributed by atoms with Gasteiger partial charge in [-0.15, -0.1) is 0 Å². The molecule has 0 aliphatic rings. The molecule has 1 amide bonds. The van der Waals surface area contributed by atoms with Crippen LogP contribution >= 0.6 is 0 Å². The third kappa shape index (κ3) is 4.94. The minimum absolute atomic E-state index is 0.274. The van der Waals surface area contributed by atoms with Crippen molar-refractivity contribution in [2.45, 2.75) is 0 Å². The summed E-state index contributed by atoms with van der Waals surface area (Å²) in [5, 5.41) is 3.27. The summed E-state index contributed by atoms with van der Waals surface area (Å²) in [5.74, 6) is 1.65. The fourth-order valence-corrected chi connectivity index (χ4v) is 2.95. The molecular weight excluding hydrogens is 388 g/mol. The van der Waals surface area contributed by atoms with Gasteiger partial charge in [0.2, 0.25) is 5.91 Å². The first kappa shape index (κ1) is 19.8. The number of amides is 1. The lowest BCUT2D eigenvalue weighted by molar-refractivity contribution is -0.112. The van der Waals surface area contributed by atoms with Crippen LogP contribution in [-0.4, -0.2) is 15.9 Å². The monoisotopic (exact) mass is 408 g/mol. The van der Waals surface area contributed by atoms with Crippen LogP contribution in [0.25, 0.3) is 16.8 Å². The number of carbonyl (C=O) groups is 1. The number of ether oxygens (including phenoxy) is 1. The van der Waals surface area contributed by atoms with E-state index in [0.717, 1.165) is 28.4 Å². The summed E-state index contributed by atoms with van der Waals surface area (Å²) in [4.78, 5) is 19.9. The highest BCUT2D eigenvalue weighted by Gasteiger charge is 2.07. The number of nitrogens with one attached hydrogen (secondary N) is 1. The van der Waals surface area contributed by atoms with Crippen LogP contribution in [0.3, 0.4) is 0 Å². The van der Waals surface area contributed by atoms with Gasteiger partial charge in [0.15, 0.2) is 0 Å². The second-order valence-electron chi connectivity index (χ2n) is 6.77. The molecule has 0 saturated heterocycles. The first-order valence-corrected chi connectivity index (χ1v) is 9.60. The van der Waals surface area contributed by atoms with E-state index in [2.05, 4.69) is 21.9 Å². The number of rotatable bonds is 7. The molecule has 1 heterocycles. The average molecular weight is 408 g/mol. The number of nitrogens with two attached hydrogens (primary N) is 1. The first-order valence-electron chi connectivity index (χ1n) is 9.60. The molecule has 0 spiro atoms. The predicted octanol–water partition coefficient (Wildman–Crippen LogP) is 5.18. The summed E-state index contributed by atoms with van der Waals surface area (Å²) in [6, 6.07) is 26.4. The maximum Gasteiger partial charge on any atom is 0.248 e. The van der Waals surface area contributed by atoms with E-state index in [1.54, 1.807) is 12.1 Å². The van der Waals surface area contributed by atoms with Gasteiger partial charge in [-0.25, -0.2) is 9.97 Å².